The number of hydrogen-bond acceptors (Lipinski definition) is 3. The summed E-state index contributed by atoms with van der Waals surface area (Å²) in [6.45, 7) is 18.2. The van der Waals surface area contributed by atoms with E-state index in [1.165, 1.54) is 31.0 Å². The molecule has 0 saturated heterocycles. The number of aromatic nitrogens is 3. The predicted octanol–water partition coefficient (Wildman–Crippen LogP) is 8.82. The minimum absolute atomic E-state index is 0.341. The first-order chi connectivity index (χ1) is 17.2. The van der Waals surface area contributed by atoms with E-state index >= 15 is 0 Å². The van der Waals surface area contributed by atoms with Crippen LogP contribution < -0.4 is 0 Å². The Morgan fingerprint density at radius 3 is 2.39 bits per heavy atom. The van der Waals surface area contributed by atoms with Crippen molar-refractivity contribution in [2.24, 2.45) is 16.8 Å². The van der Waals surface area contributed by atoms with Gasteiger partial charge in [0, 0.05) is 23.5 Å². The van der Waals surface area contributed by atoms with Crippen LogP contribution in [0.1, 0.15) is 110 Å². The van der Waals surface area contributed by atoms with Crippen LogP contribution in [0.2, 0.25) is 5.82 Å². The second-order valence-corrected chi connectivity index (χ2v) is 10.1. The average Bonchev–Trinajstić information content (AvgIpc) is 3.46. The second kappa shape index (κ2) is 17.3. The zero-order chi connectivity index (χ0) is 27.1. The van der Waals surface area contributed by atoms with Crippen molar-refractivity contribution in [2.45, 2.75) is 112 Å². The van der Waals surface area contributed by atoms with Crippen molar-refractivity contribution >= 4 is 20.2 Å². The van der Waals surface area contributed by atoms with Gasteiger partial charge in [-0.25, -0.2) is 13.9 Å². The van der Waals surface area contributed by atoms with Crippen LogP contribution in [0.25, 0.3) is 5.65 Å². The van der Waals surface area contributed by atoms with Crippen molar-refractivity contribution in [3.8, 4) is 0 Å². The lowest BCUT2D eigenvalue weighted by atomic mass is 9.77. The smallest absolute Gasteiger partial charge is 0.191 e. The topological polar surface area (TPSA) is 42.5 Å². The number of nitrogens with zero attached hydrogens (tertiary/aromatic N) is 4. The first-order valence-electron chi connectivity index (χ1n) is 13.8. The Labute approximate surface area is 221 Å². The van der Waals surface area contributed by atoms with Crippen LogP contribution in [0.5, 0.6) is 0 Å². The van der Waals surface area contributed by atoms with Gasteiger partial charge in [0.25, 0.3) is 0 Å². The minimum atomic E-state index is -0.341. The molecule has 3 rings (SSSR count). The molecule has 1 fully saturated rings. The Morgan fingerprint density at radius 1 is 1.28 bits per heavy atom. The summed E-state index contributed by atoms with van der Waals surface area (Å²) in [6.07, 6.45) is 16.6. The molecule has 0 amide bonds. The monoisotopic (exact) mass is 494 g/mol. The normalized spacial score (nSPS) is 18.6. The highest BCUT2D eigenvalue weighted by Gasteiger charge is 2.22. The number of hydrogen-bond donors (Lipinski definition) is 0. The van der Waals surface area contributed by atoms with Gasteiger partial charge in [0.05, 0.1) is 14.0 Å². The van der Waals surface area contributed by atoms with Gasteiger partial charge in [0.15, 0.2) is 11.5 Å². The molecule has 36 heavy (non-hydrogen) atoms. The van der Waals surface area contributed by atoms with Crippen LogP contribution in [0, 0.1) is 24.6 Å². The molecule has 6 heteroatoms. The van der Waals surface area contributed by atoms with E-state index in [2.05, 4.69) is 56.4 Å². The standard InChI is InChI=1S/C14H20FN3.C8H15B.C8H13N/c1-4-6-11(7-5-2)13-8-10(3)18-14(17-13)12(15)9-16-18;1-6-3-4-8(5-6)7(2)9;1-4-6-8(5-2)7-9-3/h8-9,11H,4-7H2,1-3H3;6-8H,3-5H2,1-2H3;4,6-7H,3,5H2,1-2H3/b;;6-4-,8-7-. The highest BCUT2D eigenvalue weighted by molar-refractivity contribution is 6.11. The van der Waals surface area contributed by atoms with Crippen molar-refractivity contribution in [3.63, 3.8) is 0 Å². The molecule has 0 aliphatic heterocycles. The van der Waals surface area contributed by atoms with E-state index in [0.29, 0.717) is 17.4 Å². The van der Waals surface area contributed by atoms with Crippen molar-refractivity contribution in [3.05, 3.63) is 53.4 Å². The van der Waals surface area contributed by atoms with Crippen LogP contribution in [-0.2, 0) is 0 Å². The zero-order valence-electron chi connectivity index (χ0n) is 23.8. The third kappa shape index (κ3) is 10.4. The van der Waals surface area contributed by atoms with Gasteiger partial charge in [0.1, 0.15) is 0 Å². The number of allylic oxidation sites excluding steroid dienone is 3. The summed E-state index contributed by atoms with van der Waals surface area (Å²) in [6, 6.07) is 2.04. The molecule has 198 valence electrons. The number of rotatable bonds is 9. The van der Waals surface area contributed by atoms with Crippen molar-refractivity contribution in [2.75, 3.05) is 0 Å². The van der Waals surface area contributed by atoms with Crippen LogP contribution in [0.4, 0.5) is 4.39 Å². The fraction of sp³-hybridized carbons (Fsp3) is 0.633. The molecule has 2 heterocycles. The molecule has 4 nitrogen and oxygen atoms in total. The number of halogens is 1. The predicted molar refractivity (Wildman–Crippen MR) is 155 cm³/mol. The maximum absolute atomic E-state index is 13.6. The van der Waals surface area contributed by atoms with Crippen LogP contribution in [-0.4, -0.2) is 29.2 Å². The van der Waals surface area contributed by atoms with E-state index in [1.54, 1.807) is 10.7 Å². The zero-order valence-corrected chi connectivity index (χ0v) is 23.8. The first kappa shape index (κ1) is 31.8. The Bertz CT molecular complexity index is 957. The lowest BCUT2D eigenvalue weighted by molar-refractivity contribution is 0.501. The first-order valence-corrected chi connectivity index (χ1v) is 13.8. The van der Waals surface area contributed by atoms with E-state index in [9.17, 15) is 4.39 Å². The van der Waals surface area contributed by atoms with Gasteiger partial charge < -0.3 is 0 Å². The number of fused-ring (bicyclic) bond motifs is 1. The van der Waals surface area contributed by atoms with Gasteiger partial charge in [-0.2, -0.15) is 5.10 Å². The number of aryl methyl sites for hydroxylation is 1. The molecule has 3 atom stereocenters. The molecule has 1 saturated carbocycles. The Morgan fingerprint density at radius 2 is 1.94 bits per heavy atom. The van der Waals surface area contributed by atoms with E-state index in [1.807, 2.05) is 32.1 Å². The van der Waals surface area contributed by atoms with Gasteiger partial charge in [-0.05, 0) is 69.7 Å². The molecule has 1 aliphatic carbocycles. The summed E-state index contributed by atoms with van der Waals surface area (Å²) in [5.41, 5.74) is 3.51. The summed E-state index contributed by atoms with van der Waals surface area (Å²) in [5.74, 6) is 2.26. The maximum atomic E-state index is 13.6. The highest BCUT2D eigenvalue weighted by atomic mass is 19.1. The minimum Gasteiger partial charge on any atom is -0.272 e. The summed E-state index contributed by atoms with van der Waals surface area (Å²) in [7, 11) is 5.76. The highest BCUT2D eigenvalue weighted by Crippen LogP contribution is 2.36. The molecule has 0 aromatic carbocycles. The third-order valence-electron chi connectivity index (χ3n) is 6.84. The SMILES string of the molecule is C=N/C=C(\C=C/C)CC.CCCC(CCC)c1cc(C)n2ncc(F)c2n1.[B]C(C)C1CCC(C)C1. The second-order valence-electron chi connectivity index (χ2n) is 10.1. The Kier molecular flexibility index (Phi) is 15.2. The van der Waals surface area contributed by atoms with Crippen molar-refractivity contribution in [1.82, 2.24) is 14.6 Å². The van der Waals surface area contributed by atoms with Gasteiger partial charge in [-0.3, -0.25) is 4.99 Å². The molecule has 0 N–H and O–H groups in total. The van der Waals surface area contributed by atoms with Crippen LogP contribution in [0.15, 0.2) is 41.2 Å². The quantitative estimate of drug-likeness (QED) is 0.199. The molecular formula is C30H48BFN4. The molecule has 2 aromatic rings. The lowest BCUT2D eigenvalue weighted by Crippen LogP contribution is -2.06. The molecule has 0 bridgehead atoms. The molecule has 2 aromatic heterocycles. The molecular weight excluding hydrogens is 446 g/mol. The molecule has 0 spiro atoms. The van der Waals surface area contributed by atoms with Gasteiger partial charge in [0.2, 0.25) is 0 Å². The van der Waals surface area contributed by atoms with Crippen molar-refractivity contribution in [1.29, 1.82) is 0 Å². The summed E-state index contributed by atoms with van der Waals surface area (Å²) in [4.78, 5) is 8.12. The van der Waals surface area contributed by atoms with Gasteiger partial charge >= 0.3 is 0 Å². The Hall–Kier alpha value is -2.24. The van der Waals surface area contributed by atoms with Crippen molar-refractivity contribution < 1.29 is 4.39 Å². The van der Waals surface area contributed by atoms with E-state index in [0.717, 1.165) is 55.3 Å². The summed E-state index contributed by atoms with van der Waals surface area (Å²) in [5, 5.41) is 3.99. The third-order valence-corrected chi connectivity index (χ3v) is 6.84. The average molecular weight is 495 g/mol. The lowest BCUT2D eigenvalue weighted by Gasteiger charge is -2.15. The summed E-state index contributed by atoms with van der Waals surface area (Å²) >= 11 is 0. The fourth-order valence-corrected chi connectivity index (χ4v) is 4.77. The Balaban J connectivity index is 0.000000303. The van der Waals surface area contributed by atoms with Crippen LogP contribution >= 0.6 is 0 Å². The van der Waals surface area contributed by atoms with E-state index in [-0.39, 0.29) is 5.82 Å². The molecule has 3 unspecified atom stereocenters. The largest absolute Gasteiger partial charge is 0.272 e. The van der Waals surface area contributed by atoms with Gasteiger partial charge in [-0.1, -0.05) is 78.3 Å². The molecule has 2 radical (unpaired) electrons. The van der Waals surface area contributed by atoms with E-state index < -0.39 is 0 Å². The van der Waals surface area contributed by atoms with Crippen LogP contribution in [0.3, 0.4) is 0 Å². The summed E-state index contributed by atoms with van der Waals surface area (Å²) < 4.78 is 15.2. The fourth-order valence-electron chi connectivity index (χ4n) is 4.77. The van der Waals surface area contributed by atoms with E-state index in [4.69, 9.17) is 7.85 Å². The van der Waals surface area contributed by atoms with Gasteiger partial charge in [-0.15, -0.1) is 0 Å². The number of aliphatic imine (C=N–C) groups is 1. The maximum Gasteiger partial charge on any atom is 0.191 e. The molecule has 1 aliphatic rings.